The van der Waals surface area contributed by atoms with Gasteiger partial charge in [0.25, 0.3) is 0 Å². The van der Waals surface area contributed by atoms with E-state index in [0.29, 0.717) is 11.5 Å². The van der Waals surface area contributed by atoms with Gasteiger partial charge < -0.3 is 10.2 Å². The number of nitrogens with one attached hydrogen (secondary N) is 1. The molecule has 1 saturated heterocycles. The first-order valence-corrected chi connectivity index (χ1v) is 8.61. The summed E-state index contributed by atoms with van der Waals surface area (Å²) in [4.78, 5) is 7.17. The molecule has 2 fully saturated rings. The van der Waals surface area contributed by atoms with Gasteiger partial charge in [-0.2, -0.15) is 0 Å². The van der Waals surface area contributed by atoms with Crippen molar-refractivity contribution in [3.63, 3.8) is 0 Å². The van der Waals surface area contributed by atoms with Gasteiger partial charge in [0, 0.05) is 25.3 Å². The van der Waals surface area contributed by atoms with Crippen LogP contribution in [0.25, 0.3) is 0 Å². The van der Waals surface area contributed by atoms with Crippen LogP contribution in [0.5, 0.6) is 0 Å². The summed E-state index contributed by atoms with van der Waals surface area (Å²) in [6.45, 7) is 4.55. The van der Waals surface area contributed by atoms with Crippen molar-refractivity contribution < 1.29 is 0 Å². The van der Waals surface area contributed by atoms with Crippen LogP contribution in [0.2, 0.25) is 0 Å². The maximum atomic E-state index is 4.69. The van der Waals surface area contributed by atoms with Crippen molar-refractivity contribution in [3.05, 3.63) is 23.9 Å². The number of hydrogen-bond acceptors (Lipinski definition) is 3. The van der Waals surface area contributed by atoms with E-state index in [1.165, 1.54) is 63.6 Å². The lowest BCUT2D eigenvalue weighted by Crippen LogP contribution is -2.41. The summed E-state index contributed by atoms with van der Waals surface area (Å²) in [6.07, 6.45) is 12.1. The molecule has 1 unspecified atom stereocenters. The number of hydrogen-bond donors (Lipinski definition) is 1. The van der Waals surface area contributed by atoms with Crippen molar-refractivity contribution in [3.8, 4) is 0 Å². The van der Waals surface area contributed by atoms with Gasteiger partial charge in [-0.3, -0.25) is 0 Å². The van der Waals surface area contributed by atoms with Gasteiger partial charge in [-0.15, -0.1) is 0 Å². The second kappa shape index (κ2) is 6.35. The molecule has 2 heterocycles. The first kappa shape index (κ1) is 14.8. The van der Waals surface area contributed by atoms with Gasteiger partial charge in [-0.25, -0.2) is 4.98 Å². The summed E-state index contributed by atoms with van der Waals surface area (Å²) in [5.41, 5.74) is 1.94. The summed E-state index contributed by atoms with van der Waals surface area (Å²) >= 11 is 0. The Morgan fingerprint density at radius 1 is 1.10 bits per heavy atom. The van der Waals surface area contributed by atoms with Crippen molar-refractivity contribution in [1.82, 2.24) is 10.3 Å². The zero-order valence-corrected chi connectivity index (χ0v) is 13.6. The molecule has 0 amide bonds. The van der Waals surface area contributed by atoms with E-state index in [0.717, 1.165) is 5.82 Å². The number of nitrogens with zero attached hydrogens (tertiary/aromatic N) is 2. The van der Waals surface area contributed by atoms with Crippen LogP contribution in [0, 0.1) is 5.41 Å². The van der Waals surface area contributed by atoms with E-state index >= 15 is 0 Å². The molecule has 3 heteroatoms. The second-order valence-electron chi connectivity index (χ2n) is 7.01. The first-order chi connectivity index (χ1) is 10.2. The minimum absolute atomic E-state index is 0.374. The Labute approximate surface area is 129 Å². The molecule has 21 heavy (non-hydrogen) atoms. The molecule has 1 aliphatic carbocycles. The zero-order valence-electron chi connectivity index (χ0n) is 13.6. The van der Waals surface area contributed by atoms with E-state index < -0.39 is 0 Å². The van der Waals surface area contributed by atoms with E-state index in [-0.39, 0.29) is 0 Å². The van der Waals surface area contributed by atoms with Crippen LogP contribution in [0.3, 0.4) is 0 Å². The number of anilines is 1. The number of rotatable bonds is 3. The molecule has 1 spiro atoms. The predicted octanol–water partition coefficient (Wildman–Crippen LogP) is 3.91. The van der Waals surface area contributed by atoms with Gasteiger partial charge in [0.1, 0.15) is 5.82 Å². The van der Waals surface area contributed by atoms with Gasteiger partial charge >= 0.3 is 0 Å². The van der Waals surface area contributed by atoms with Crippen molar-refractivity contribution in [2.75, 3.05) is 25.0 Å². The monoisotopic (exact) mass is 287 g/mol. The largest absolute Gasteiger partial charge is 0.357 e. The predicted molar refractivity (Wildman–Crippen MR) is 88.7 cm³/mol. The maximum Gasteiger partial charge on any atom is 0.128 e. The normalized spacial score (nSPS) is 23.2. The number of piperidine rings is 1. The van der Waals surface area contributed by atoms with Crippen LogP contribution in [0.4, 0.5) is 5.82 Å². The fourth-order valence-electron chi connectivity index (χ4n) is 4.02. The Morgan fingerprint density at radius 2 is 1.81 bits per heavy atom. The number of pyridine rings is 1. The van der Waals surface area contributed by atoms with E-state index in [2.05, 4.69) is 29.3 Å². The summed E-state index contributed by atoms with van der Waals surface area (Å²) < 4.78 is 0. The van der Waals surface area contributed by atoms with Crippen LogP contribution in [-0.4, -0.2) is 25.1 Å². The minimum atomic E-state index is 0.374. The van der Waals surface area contributed by atoms with E-state index in [1.54, 1.807) is 0 Å². The summed E-state index contributed by atoms with van der Waals surface area (Å²) in [6, 6.07) is 4.79. The standard InChI is InChI=1S/C18H29N3/c1-15(19-2)16-6-7-17(20-14-16)21-12-10-18(11-13-21)8-4-3-5-9-18/h6-7,14-15,19H,3-5,8-13H2,1-2H3. The van der Waals surface area contributed by atoms with Crippen molar-refractivity contribution in [2.24, 2.45) is 5.41 Å². The molecule has 3 nitrogen and oxygen atoms in total. The van der Waals surface area contributed by atoms with E-state index in [4.69, 9.17) is 4.98 Å². The Balaban J connectivity index is 1.61. The molecule has 1 saturated carbocycles. The molecule has 1 aliphatic heterocycles. The molecule has 2 aliphatic rings. The molecule has 0 aromatic carbocycles. The van der Waals surface area contributed by atoms with Crippen molar-refractivity contribution >= 4 is 5.82 Å². The van der Waals surface area contributed by atoms with Gasteiger partial charge in [0.05, 0.1) is 0 Å². The molecule has 3 rings (SSSR count). The lowest BCUT2D eigenvalue weighted by Gasteiger charge is -2.44. The lowest BCUT2D eigenvalue weighted by molar-refractivity contribution is 0.144. The third-order valence-corrected chi connectivity index (χ3v) is 5.77. The van der Waals surface area contributed by atoms with Crippen LogP contribution in [0.1, 0.15) is 63.5 Å². The summed E-state index contributed by atoms with van der Waals surface area (Å²) in [7, 11) is 1.99. The number of aromatic nitrogens is 1. The highest BCUT2D eigenvalue weighted by molar-refractivity contribution is 5.40. The van der Waals surface area contributed by atoms with Crippen LogP contribution >= 0.6 is 0 Å². The molecule has 0 bridgehead atoms. The van der Waals surface area contributed by atoms with Gasteiger partial charge in [-0.1, -0.05) is 25.3 Å². The molecule has 116 valence electrons. The average Bonchev–Trinajstić information content (AvgIpc) is 2.56. The van der Waals surface area contributed by atoms with Crippen molar-refractivity contribution in [2.45, 2.75) is 57.9 Å². The Morgan fingerprint density at radius 3 is 2.38 bits per heavy atom. The van der Waals surface area contributed by atoms with Crippen LogP contribution in [0.15, 0.2) is 18.3 Å². The highest BCUT2D eigenvalue weighted by Gasteiger charge is 2.35. The lowest BCUT2D eigenvalue weighted by atomic mass is 9.68. The third-order valence-electron chi connectivity index (χ3n) is 5.77. The molecule has 0 radical (unpaired) electrons. The Hall–Kier alpha value is -1.09. The molecule has 1 N–H and O–H groups in total. The first-order valence-electron chi connectivity index (χ1n) is 8.61. The van der Waals surface area contributed by atoms with E-state index in [9.17, 15) is 0 Å². The van der Waals surface area contributed by atoms with E-state index in [1.807, 2.05) is 13.2 Å². The van der Waals surface area contributed by atoms with Gasteiger partial charge in [-0.05, 0) is 56.7 Å². The zero-order chi connectivity index (χ0) is 14.7. The fourth-order valence-corrected chi connectivity index (χ4v) is 4.02. The quantitative estimate of drug-likeness (QED) is 0.913. The Kier molecular flexibility index (Phi) is 4.48. The van der Waals surface area contributed by atoms with Crippen LogP contribution in [-0.2, 0) is 0 Å². The topological polar surface area (TPSA) is 28.2 Å². The molecule has 1 aromatic rings. The Bertz CT molecular complexity index is 438. The highest BCUT2D eigenvalue weighted by atomic mass is 15.2. The maximum absolute atomic E-state index is 4.69. The van der Waals surface area contributed by atoms with Crippen LogP contribution < -0.4 is 10.2 Å². The molecule has 1 atom stereocenters. The summed E-state index contributed by atoms with van der Waals surface area (Å²) in [5.74, 6) is 1.16. The fraction of sp³-hybridized carbons (Fsp3) is 0.722. The van der Waals surface area contributed by atoms with Gasteiger partial charge in [0.15, 0.2) is 0 Å². The summed E-state index contributed by atoms with van der Waals surface area (Å²) in [5, 5.41) is 3.27. The van der Waals surface area contributed by atoms with Crippen molar-refractivity contribution in [1.29, 1.82) is 0 Å². The molecular formula is C18H29N3. The SMILES string of the molecule is CNC(C)c1ccc(N2CCC3(CCCCC3)CC2)nc1. The average molecular weight is 287 g/mol. The van der Waals surface area contributed by atoms with Gasteiger partial charge in [0.2, 0.25) is 0 Å². The second-order valence-corrected chi connectivity index (χ2v) is 7.01. The minimum Gasteiger partial charge on any atom is -0.357 e. The smallest absolute Gasteiger partial charge is 0.128 e. The molecule has 1 aromatic heterocycles. The third kappa shape index (κ3) is 3.23. The highest BCUT2D eigenvalue weighted by Crippen LogP contribution is 2.44. The molecular weight excluding hydrogens is 258 g/mol.